The molecule has 0 saturated carbocycles. The Bertz CT molecular complexity index is 417. The summed E-state index contributed by atoms with van der Waals surface area (Å²) in [6, 6.07) is 6.62. The molecule has 0 aromatic heterocycles. The number of carbonyl (C=O) groups excluding carboxylic acids is 2. The summed E-state index contributed by atoms with van der Waals surface area (Å²) in [6.45, 7) is 1.22. The van der Waals surface area contributed by atoms with E-state index in [1.54, 1.807) is 24.3 Å². The molecule has 0 saturated heterocycles. The van der Waals surface area contributed by atoms with Crippen LogP contribution in [0, 0.1) is 0 Å². The normalized spacial score (nSPS) is 18.5. The minimum absolute atomic E-state index is 0.336. The van der Waals surface area contributed by atoms with Crippen LogP contribution < -0.4 is 4.52 Å². The zero-order valence-electron chi connectivity index (χ0n) is 7.80. The van der Waals surface area contributed by atoms with Gasteiger partial charge in [0.2, 0.25) is 0 Å². The Morgan fingerprint density at radius 3 is 2.80 bits per heavy atom. The molecule has 1 atom stereocenters. The second kappa shape index (κ2) is 3.87. The highest BCUT2D eigenvalue weighted by Crippen LogP contribution is 2.46. The maximum atomic E-state index is 11.4. The van der Waals surface area contributed by atoms with Gasteiger partial charge in [-0.1, -0.05) is 12.1 Å². The lowest BCUT2D eigenvalue weighted by atomic mass is 10.2. The number of hydrogen-bond donors (Lipinski definition) is 0. The van der Waals surface area contributed by atoms with Crippen molar-refractivity contribution in [3.63, 3.8) is 0 Å². The van der Waals surface area contributed by atoms with Gasteiger partial charge in [0.1, 0.15) is 11.3 Å². The minimum Gasteiger partial charge on any atom is -0.407 e. The fourth-order valence-electron chi connectivity index (χ4n) is 1.07. The smallest absolute Gasteiger partial charge is 0.407 e. The van der Waals surface area contributed by atoms with E-state index in [-0.39, 0.29) is 0 Å². The first-order valence-electron chi connectivity index (χ1n) is 4.15. The molecule has 0 amide bonds. The molecule has 0 aliphatic carbocycles. The van der Waals surface area contributed by atoms with Crippen molar-refractivity contribution in [2.75, 3.05) is 0 Å². The molecule has 0 bridgehead atoms. The van der Waals surface area contributed by atoms with Crippen molar-refractivity contribution in [2.45, 2.75) is 6.92 Å². The number of rotatable bonds is 1. The van der Waals surface area contributed by atoms with Crippen LogP contribution in [-0.2, 0) is 13.8 Å². The van der Waals surface area contributed by atoms with Crippen molar-refractivity contribution in [1.82, 2.24) is 0 Å². The van der Waals surface area contributed by atoms with E-state index in [2.05, 4.69) is 4.52 Å². The highest BCUT2D eigenvalue weighted by atomic mass is 31.2. The summed E-state index contributed by atoms with van der Waals surface area (Å²) in [5, 5.41) is 0. The molecular formula is C9H7O5P. The van der Waals surface area contributed by atoms with Gasteiger partial charge in [0, 0.05) is 6.92 Å². The largest absolute Gasteiger partial charge is 0.535 e. The first-order valence-corrected chi connectivity index (χ1v) is 5.24. The van der Waals surface area contributed by atoms with E-state index in [0.29, 0.717) is 11.3 Å². The summed E-state index contributed by atoms with van der Waals surface area (Å²) in [5.74, 6) is -0.710. The highest BCUT2D eigenvalue weighted by Gasteiger charge is 2.32. The Morgan fingerprint density at radius 1 is 1.33 bits per heavy atom. The van der Waals surface area contributed by atoms with Gasteiger partial charge in [0.05, 0.1) is 0 Å². The van der Waals surface area contributed by atoms with Gasteiger partial charge in [-0.2, -0.15) is 0 Å². The van der Waals surface area contributed by atoms with E-state index in [9.17, 15) is 9.59 Å². The van der Waals surface area contributed by atoms with Crippen LogP contribution in [0.1, 0.15) is 17.3 Å². The molecule has 15 heavy (non-hydrogen) atoms. The quantitative estimate of drug-likeness (QED) is 0.685. The summed E-state index contributed by atoms with van der Waals surface area (Å²) in [4.78, 5) is 22.1. The van der Waals surface area contributed by atoms with Gasteiger partial charge in [-0.15, -0.1) is 0 Å². The summed E-state index contributed by atoms with van der Waals surface area (Å²) < 4.78 is 14.7. The zero-order chi connectivity index (χ0) is 10.8. The predicted molar refractivity (Wildman–Crippen MR) is 51.2 cm³/mol. The van der Waals surface area contributed by atoms with Gasteiger partial charge in [-0.3, -0.25) is 4.79 Å². The molecule has 5 nitrogen and oxygen atoms in total. The third-order valence-electron chi connectivity index (χ3n) is 1.64. The van der Waals surface area contributed by atoms with Gasteiger partial charge in [-0.25, -0.2) is 4.79 Å². The fraction of sp³-hybridized carbons (Fsp3) is 0.111. The summed E-state index contributed by atoms with van der Waals surface area (Å²) >= 11 is 0. The molecule has 0 N–H and O–H groups in total. The van der Waals surface area contributed by atoms with Gasteiger partial charge in [-0.05, 0) is 12.1 Å². The standard InChI is InChI=1S/C9H7O5P/c1-6(10)12-15-13-8-5-3-2-4-7(8)9(11)14-15/h2-5H,1H3. The first kappa shape index (κ1) is 9.93. The van der Waals surface area contributed by atoms with Gasteiger partial charge in [0.15, 0.2) is 0 Å². The molecule has 0 fully saturated rings. The lowest BCUT2D eigenvalue weighted by Crippen LogP contribution is -2.14. The third kappa shape index (κ3) is 2.07. The molecule has 1 aromatic carbocycles. The molecule has 0 radical (unpaired) electrons. The molecule has 1 heterocycles. The van der Waals surface area contributed by atoms with Crippen molar-refractivity contribution < 1.29 is 23.2 Å². The first-order chi connectivity index (χ1) is 7.16. The maximum absolute atomic E-state index is 11.4. The topological polar surface area (TPSA) is 61.8 Å². The van der Waals surface area contributed by atoms with Crippen LogP contribution in [0.3, 0.4) is 0 Å². The third-order valence-corrected chi connectivity index (χ3v) is 2.71. The van der Waals surface area contributed by atoms with E-state index in [0.717, 1.165) is 0 Å². The second-order valence-corrected chi connectivity index (χ2v) is 3.77. The molecule has 6 heteroatoms. The van der Waals surface area contributed by atoms with Gasteiger partial charge >= 0.3 is 20.5 Å². The molecular weight excluding hydrogens is 219 g/mol. The van der Waals surface area contributed by atoms with E-state index < -0.39 is 20.5 Å². The Balaban J connectivity index is 2.23. The van der Waals surface area contributed by atoms with Crippen molar-refractivity contribution >= 4 is 20.5 Å². The Morgan fingerprint density at radius 2 is 2.07 bits per heavy atom. The van der Waals surface area contributed by atoms with Crippen LogP contribution in [0.5, 0.6) is 5.75 Å². The molecule has 1 aromatic rings. The number of fused-ring (bicyclic) bond motifs is 1. The number of para-hydroxylation sites is 1. The van der Waals surface area contributed by atoms with Crippen LogP contribution >= 0.6 is 8.60 Å². The molecule has 2 rings (SSSR count). The monoisotopic (exact) mass is 226 g/mol. The second-order valence-electron chi connectivity index (χ2n) is 2.77. The lowest BCUT2D eigenvalue weighted by Gasteiger charge is -2.20. The minimum atomic E-state index is -1.94. The Kier molecular flexibility index (Phi) is 2.56. The summed E-state index contributed by atoms with van der Waals surface area (Å²) in [6.07, 6.45) is 0. The van der Waals surface area contributed by atoms with Crippen LogP contribution in [-0.4, -0.2) is 11.9 Å². The average Bonchev–Trinajstić information content (AvgIpc) is 2.16. The average molecular weight is 226 g/mol. The molecule has 78 valence electrons. The van der Waals surface area contributed by atoms with Gasteiger partial charge in [0.25, 0.3) is 0 Å². The van der Waals surface area contributed by atoms with E-state index in [4.69, 9.17) is 9.05 Å². The lowest BCUT2D eigenvalue weighted by molar-refractivity contribution is -0.132. The van der Waals surface area contributed by atoms with Crippen molar-refractivity contribution in [3.05, 3.63) is 29.8 Å². The molecule has 1 aliphatic heterocycles. The predicted octanol–water partition coefficient (Wildman–Crippen LogP) is 2.03. The summed E-state index contributed by atoms with van der Waals surface area (Å²) in [5.41, 5.74) is 0.336. The van der Waals surface area contributed by atoms with Crippen LogP contribution in [0.15, 0.2) is 24.3 Å². The van der Waals surface area contributed by atoms with E-state index >= 15 is 0 Å². The van der Waals surface area contributed by atoms with Crippen molar-refractivity contribution in [2.24, 2.45) is 0 Å². The number of benzene rings is 1. The SMILES string of the molecule is CC(=O)OP1OC(=O)c2ccccc2O1. The van der Waals surface area contributed by atoms with E-state index in [1.165, 1.54) is 6.92 Å². The van der Waals surface area contributed by atoms with Crippen LogP contribution in [0.25, 0.3) is 0 Å². The van der Waals surface area contributed by atoms with Crippen LogP contribution in [0.4, 0.5) is 0 Å². The maximum Gasteiger partial charge on any atom is 0.535 e. The van der Waals surface area contributed by atoms with E-state index in [1.807, 2.05) is 0 Å². The molecule has 1 aliphatic rings. The molecule has 1 unspecified atom stereocenters. The molecule has 0 spiro atoms. The zero-order valence-corrected chi connectivity index (χ0v) is 8.69. The van der Waals surface area contributed by atoms with Crippen molar-refractivity contribution in [1.29, 1.82) is 0 Å². The highest BCUT2D eigenvalue weighted by molar-refractivity contribution is 7.43. The number of hydrogen-bond acceptors (Lipinski definition) is 5. The Labute approximate surface area is 86.9 Å². The Hall–Kier alpha value is -1.61. The van der Waals surface area contributed by atoms with Gasteiger partial charge < -0.3 is 13.6 Å². The number of carbonyl (C=O) groups is 2. The summed E-state index contributed by atoms with van der Waals surface area (Å²) in [7, 11) is -1.94. The fourth-order valence-corrected chi connectivity index (χ4v) is 1.95. The van der Waals surface area contributed by atoms with Crippen molar-refractivity contribution in [3.8, 4) is 5.75 Å². The van der Waals surface area contributed by atoms with Crippen LogP contribution in [0.2, 0.25) is 0 Å².